The molecular weight excluding hydrogens is 136 g/mol. The van der Waals surface area contributed by atoms with E-state index in [1.807, 2.05) is 6.92 Å². The summed E-state index contributed by atoms with van der Waals surface area (Å²) in [6.07, 6.45) is 1.24. The average Bonchev–Trinajstić information content (AvgIpc) is 1.84. The van der Waals surface area contributed by atoms with Crippen LogP contribution in [0.5, 0.6) is 0 Å². The van der Waals surface area contributed by atoms with E-state index in [0.717, 1.165) is 6.42 Å². The number of nitrogens with two attached hydrogens (primary N) is 1. The molecule has 0 aromatic heterocycles. The quantitative estimate of drug-likeness (QED) is 0.610. The molecule has 10 heavy (non-hydrogen) atoms. The van der Waals surface area contributed by atoms with Crippen LogP contribution in [0.2, 0.25) is 0 Å². The van der Waals surface area contributed by atoms with Gasteiger partial charge in [-0.05, 0) is 13.3 Å². The molecule has 1 atom stereocenters. The number of allylic oxidation sites excluding steroid dienone is 1. The molecule has 0 aromatic rings. The number of alkyl halides is 2. The second-order valence-electron chi connectivity index (χ2n) is 2.48. The van der Waals surface area contributed by atoms with Crippen molar-refractivity contribution in [3.05, 3.63) is 12.2 Å². The average molecular weight is 149 g/mol. The van der Waals surface area contributed by atoms with Crippen molar-refractivity contribution in [1.29, 1.82) is 0 Å². The number of hydrogen-bond acceptors (Lipinski definition) is 1. The maximum atomic E-state index is 12.0. The minimum Gasteiger partial charge on any atom is -0.317 e. The van der Waals surface area contributed by atoms with E-state index in [4.69, 9.17) is 5.73 Å². The maximum Gasteiger partial charge on any atom is 0.259 e. The molecule has 0 spiro atoms. The third-order valence-corrected chi connectivity index (χ3v) is 1.18. The van der Waals surface area contributed by atoms with Gasteiger partial charge in [-0.15, -0.1) is 0 Å². The topological polar surface area (TPSA) is 26.0 Å². The summed E-state index contributed by atoms with van der Waals surface area (Å²) in [6.45, 7) is 3.18. The number of rotatable bonds is 3. The normalized spacial score (nSPS) is 18.2. The Hall–Kier alpha value is -0.440. The van der Waals surface area contributed by atoms with Crippen LogP contribution in [0.15, 0.2) is 12.2 Å². The first kappa shape index (κ1) is 9.56. The lowest BCUT2D eigenvalue weighted by molar-refractivity contribution is 0.0884. The van der Waals surface area contributed by atoms with Gasteiger partial charge in [0.1, 0.15) is 0 Å². The fraction of sp³-hybridized carbons (Fsp3) is 0.714. The van der Waals surface area contributed by atoms with Crippen molar-refractivity contribution in [1.82, 2.24) is 0 Å². The van der Waals surface area contributed by atoms with Crippen LogP contribution < -0.4 is 5.73 Å². The first-order valence-electron chi connectivity index (χ1n) is 3.25. The van der Waals surface area contributed by atoms with Crippen molar-refractivity contribution in [2.24, 2.45) is 5.73 Å². The predicted molar refractivity (Wildman–Crippen MR) is 38.0 cm³/mol. The van der Waals surface area contributed by atoms with Crippen molar-refractivity contribution in [2.75, 3.05) is 0 Å². The van der Waals surface area contributed by atoms with Gasteiger partial charge in [-0.1, -0.05) is 19.1 Å². The van der Waals surface area contributed by atoms with Crippen LogP contribution in [0.4, 0.5) is 8.78 Å². The molecule has 0 aliphatic rings. The molecule has 3 heteroatoms. The van der Waals surface area contributed by atoms with Gasteiger partial charge < -0.3 is 5.73 Å². The smallest absolute Gasteiger partial charge is 0.259 e. The molecule has 1 nitrogen and oxygen atoms in total. The van der Waals surface area contributed by atoms with Gasteiger partial charge in [0.2, 0.25) is 0 Å². The summed E-state index contributed by atoms with van der Waals surface area (Å²) in [7, 11) is 0. The molecule has 0 amide bonds. The zero-order valence-corrected chi connectivity index (χ0v) is 6.27. The predicted octanol–water partition coefficient (Wildman–Crippen LogP) is 1.94. The third-order valence-electron chi connectivity index (χ3n) is 1.18. The van der Waals surface area contributed by atoms with Crippen molar-refractivity contribution in [3.8, 4) is 0 Å². The van der Waals surface area contributed by atoms with Crippen LogP contribution in [-0.2, 0) is 0 Å². The summed E-state index contributed by atoms with van der Waals surface area (Å²) in [5.74, 6) is 0. The minimum atomic E-state index is -2.49. The molecule has 0 radical (unpaired) electrons. The Bertz CT molecular complexity index is 119. The summed E-state index contributed by atoms with van der Waals surface area (Å²) in [4.78, 5) is 0. The van der Waals surface area contributed by atoms with Crippen LogP contribution in [0.1, 0.15) is 20.3 Å². The van der Waals surface area contributed by atoms with Gasteiger partial charge in [0, 0.05) is 0 Å². The van der Waals surface area contributed by atoms with E-state index < -0.39 is 12.0 Å². The van der Waals surface area contributed by atoms with Crippen LogP contribution >= 0.6 is 0 Å². The van der Waals surface area contributed by atoms with E-state index in [0.29, 0.717) is 0 Å². The first-order valence-corrected chi connectivity index (χ1v) is 3.25. The summed E-state index contributed by atoms with van der Waals surface area (Å²) < 4.78 is 23.9. The zero-order valence-electron chi connectivity index (χ0n) is 6.27. The van der Waals surface area contributed by atoms with Crippen LogP contribution in [0, 0.1) is 0 Å². The van der Waals surface area contributed by atoms with Crippen LogP contribution in [0.25, 0.3) is 0 Å². The Balaban J connectivity index is 3.98. The van der Waals surface area contributed by atoms with E-state index in [9.17, 15) is 8.78 Å². The van der Waals surface area contributed by atoms with Crippen LogP contribution in [-0.4, -0.2) is 12.0 Å². The molecule has 1 unspecified atom stereocenters. The second kappa shape index (κ2) is 3.66. The zero-order chi connectivity index (χ0) is 8.20. The molecule has 0 bridgehead atoms. The lowest BCUT2D eigenvalue weighted by Gasteiger charge is -2.18. The minimum absolute atomic E-state index is 0.736. The summed E-state index contributed by atoms with van der Waals surface area (Å²) in [5, 5.41) is 0. The van der Waals surface area contributed by atoms with E-state index in [2.05, 4.69) is 0 Å². The Labute approximate surface area is 59.9 Å². The SMILES string of the molecule is CC/C=C/C(C)(N)C(F)F. The van der Waals surface area contributed by atoms with E-state index in [1.165, 1.54) is 13.0 Å². The lowest BCUT2D eigenvalue weighted by Crippen LogP contribution is -2.41. The van der Waals surface area contributed by atoms with Crippen molar-refractivity contribution < 1.29 is 8.78 Å². The standard InChI is InChI=1S/C7H13F2N/c1-3-4-5-7(2,10)6(8)9/h4-6H,3,10H2,1-2H3/b5-4+. The van der Waals surface area contributed by atoms with Crippen LogP contribution in [0.3, 0.4) is 0 Å². The molecule has 60 valence electrons. The molecular formula is C7H13F2N. The Morgan fingerprint density at radius 2 is 2.10 bits per heavy atom. The third kappa shape index (κ3) is 2.92. The Kier molecular flexibility index (Phi) is 3.50. The Morgan fingerprint density at radius 1 is 1.60 bits per heavy atom. The van der Waals surface area contributed by atoms with Gasteiger partial charge in [-0.2, -0.15) is 0 Å². The lowest BCUT2D eigenvalue weighted by atomic mass is 10.0. The van der Waals surface area contributed by atoms with Crippen molar-refractivity contribution >= 4 is 0 Å². The molecule has 0 rings (SSSR count). The largest absolute Gasteiger partial charge is 0.317 e. The Morgan fingerprint density at radius 3 is 2.40 bits per heavy atom. The fourth-order valence-corrected chi connectivity index (χ4v) is 0.445. The highest BCUT2D eigenvalue weighted by Gasteiger charge is 2.26. The molecule has 0 aromatic carbocycles. The molecule has 0 saturated carbocycles. The van der Waals surface area contributed by atoms with Gasteiger partial charge in [-0.25, -0.2) is 8.78 Å². The van der Waals surface area contributed by atoms with E-state index in [1.54, 1.807) is 6.08 Å². The van der Waals surface area contributed by atoms with Gasteiger partial charge >= 0.3 is 0 Å². The summed E-state index contributed by atoms with van der Waals surface area (Å²) >= 11 is 0. The monoisotopic (exact) mass is 149 g/mol. The van der Waals surface area contributed by atoms with Gasteiger partial charge in [0.25, 0.3) is 6.43 Å². The molecule has 0 heterocycles. The highest BCUT2D eigenvalue weighted by Crippen LogP contribution is 2.13. The fourth-order valence-electron chi connectivity index (χ4n) is 0.445. The van der Waals surface area contributed by atoms with Crippen molar-refractivity contribution in [3.63, 3.8) is 0 Å². The maximum absolute atomic E-state index is 12.0. The molecule has 0 fully saturated rings. The molecule has 0 saturated heterocycles. The molecule has 0 aliphatic carbocycles. The molecule has 0 aliphatic heterocycles. The van der Waals surface area contributed by atoms with Gasteiger partial charge in [0.15, 0.2) is 0 Å². The van der Waals surface area contributed by atoms with Gasteiger partial charge in [0.05, 0.1) is 5.54 Å². The van der Waals surface area contributed by atoms with Gasteiger partial charge in [-0.3, -0.25) is 0 Å². The van der Waals surface area contributed by atoms with E-state index in [-0.39, 0.29) is 0 Å². The summed E-state index contributed by atoms with van der Waals surface area (Å²) in [6, 6.07) is 0. The molecule has 2 N–H and O–H groups in total. The highest BCUT2D eigenvalue weighted by molar-refractivity contribution is 5.03. The number of hydrogen-bond donors (Lipinski definition) is 1. The number of halogens is 2. The summed E-state index contributed by atoms with van der Waals surface area (Å²) in [5.41, 5.74) is 3.75. The van der Waals surface area contributed by atoms with E-state index >= 15 is 0 Å². The second-order valence-corrected chi connectivity index (χ2v) is 2.48. The van der Waals surface area contributed by atoms with Crippen molar-refractivity contribution in [2.45, 2.75) is 32.2 Å². The first-order chi connectivity index (χ1) is 4.50. The highest BCUT2D eigenvalue weighted by atomic mass is 19.3.